The number of alkyl halides is 1. The van der Waals surface area contributed by atoms with E-state index in [1.54, 1.807) is 0 Å². The summed E-state index contributed by atoms with van der Waals surface area (Å²) in [6, 6.07) is 0. The number of hydrogen-bond acceptors (Lipinski definition) is 1. The van der Waals surface area contributed by atoms with Gasteiger partial charge >= 0.3 is 0 Å². The Hall–Kier alpha value is -0.210. The first-order valence-corrected chi connectivity index (χ1v) is 7.28. The average molecular weight is 275 g/mol. The fourth-order valence-electron chi connectivity index (χ4n) is 2.93. The van der Waals surface area contributed by atoms with Gasteiger partial charge in [-0.05, 0) is 25.2 Å². The molecule has 1 atom stereocenters. The van der Waals surface area contributed by atoms with Crippen molar-refractivity contribution in [3.63, 3.8) is 0 Å². The van der Waals surface area contributed by atoms with Crippen LogP contribution in [0.1, 0.15) is 37.1 Å². The zero-order valence-corrected chi connectivity index (χ0v) is 12.1. The highest BCUT2D eigenvalue weighted by Gasteiger charge is 2.26. The second kappa shape index (κ2) is 5.62. The molecule has 0 radical (unpaired) electrons. The maximum absolute atomic E-state index is 6.30. The number of aryl methyl sites for hydroxylation is 2. The lowest BCUT2D eigenvalue weighted by Gasteiger charge is -2.21. The zero-order chi connectivity index (χ0) is 12.4. The van der Waals surface area contributed by atoms with Crippen LogP contribution in [0.15, 0.2) is 0 Å². The molecular formula is C13H20Cl2N2. The van der Waals surface area contributed by atoms with Gasteiger partial charge in [0.1, 0.15) is 0 Å². The van der Waals surface area contributed by atoms with Crippen molar-refractivity contribution in [2.75, 3.05) is 5.88 Å². The third kappa shape index (κ3) is 2.79. The molecule has 1 saturated carbocycles. The zero-order valence-electron chi connectivity index (χ0n) is 10.5. The van der Waals surface area contributed by atoms with E-state index in [1.807, 2.05) is 18.7 Å². The van der Waals surface area contributed by atoms with Crippen molar-refractivity contribution < 1.29 is 0 Å². The predicted octanol–water partition coefficient (Wildman–Crippen LogP) is 3.97. The lowest BCUT2D eigenvalue weighted by atomic mass is 9.88. The summed E-state index contributed by atoms with van der Waals surface area (Å²) < 4.78 is 1.91. The van der Waals surface area contributed by atoms with Gasteiger partial charge in [0.15, 0.2) is 0 Å². The molecule has 0 bridgehead atoms. The second-order valence-corrected chi connectivity index (χ2v) is 5.82. The molecular weight excluding hydrogens is 255 g/mol. The minimum Gasteiger partial charge on any atom is -0.271 e. The Kier molecular flexibility index (Phi) is 4.37. The van der Waals surface area contributed by atoms with Gasteiger partial charge in [0, 0.05) is 12.9 Å². The Morgan fingerprint density at radius 1 is 1.41 bits per heavy atom. The van der Waals surface area contributed by atoms with Gasteiger partial charge in [-0.2, -0.15) is 5.10 Å². The monoisotopic (exact) mass is 274 g/mol. The van der Waals surface area contributed by atoms with Crippen LogP contribution in [0.25, 0.3) is 0 Å². The quantitative estimate of drug-likeness (QED) is 0.760. The molecule has 2 rings (SSSR count). The van der Waals surface area contributed by atoms with E-state index in [4.69, 9.17) is 23.2 Å². The first kappa shape index (κ1) is 13.2. The van der Waals surface area contributed by atoms with Gasteiger partial charge in [-0.15, -0.1) is 11.6 Å². The van der Waals surface area contributed by atoms with Crippen molar-refractivity contribution in [3.05, 3.63) is 16.4 Å². The van der Waals surface area contributed by atoms with Crippen molar-refractivity contribution >= 4 is 23.2 Å². The molecule has 0 N–H and O–H groups in total. The first-order chi connectivity index (χ1) is 8.13. The van der Waals surface area contributed by atoms with Crippen LogP contribution in [-0.2, 0) is 13.5 Å². The van der Waals surface area contributed by atoms with E-state index in [0.29, 0.717) is 5.92 Å². The minimum absolute atomic E-state index is 0.548. The highest BCUT2D eigenvalue weighted by atomic mass is 35.5. The summed E-state index contributed by atoms with van der Waals surface area (Å²) in [6.45, 7) is 1.96. The van der Waals surface area contributed by atoms with Crippen molar-refractivity contribution in [2.45, 2.75) is 39.0 Å². The SMILES string of the molecule is Cc1nn(C)c(CC(CCl)C2CCCC2)c1Cl. The maximum Gasteiger partial charge on any atom is 0.0847 e. The van der Waals surface area contributed by atoms with E-state index in [1.165, 1.54) is 25.7 Å². The Balaban J connectivity index is 2.12. The first-order valence-electron chi connectivity index (χ1n) is 6.37. The molecule has 0 saturated heterocycles. The molecule has 0 aromatic carbocycles. The molecule has 0 aliphatic heterocycles. The summed E-state index contributed by atoms with van der Waals surface area (Å²) in [5.74, 6) is 2.05. The van der Waals surface area contributed by atoms with Crippen molar-refractivity contribution in [1.82, 2.24) is 9.78 Å². The normalized spacial score (nSPS) is 18.8. The van der Waals surface area contributed by atoms with E-state index in [-0.39, 0.29) is 0 Å². The van der Waals surface area contributed by atoms with E-state index in [2.05, 4.69) is 5.10 Å². The molecule has 1 aliphatic rings. The van der Waals surface area contributed by atoms with Crippen molar-refractivity contribution in [3.8, 4) is 0 Å². The van der Waals surface area contributed by atoms with Gasteiger partial charge in [-0.3, -0.25) is 4.68 Å². The predicted molar refractivity (Wildman–Crippen MR) is 72.8 cm³/mol. The molecule has 1 aromatic rings. The van der Waals surface area contributed by atoms with Gasteiger partial charge < -0.3 is 0 Å². The van der Waals surface area contributed by atoms with Crippen LogP contribution >= 0.6 is 23.2 Å². The van der Waals surface area contributed by atoms with E-state index < -0.39 is 0 Å². The standard InChI is InChI=1S/C13H20Cl2N2/c1-9-13(15)12(17(2)16-9)7-11(8-14)10-5-3-4-6-10/h10-11H,3-8H2,1-2H3. The summed E-state index contributed by atoms with van der Waals surface area (Å²) in [4.78, 5) is 0. The van der Waals surface area contributed by atoms with E-state index in [0.717, 1.165) is 34.6 Å². The van der Waals surface area contributed by atoms with Crippen molar-refractivity contribution in [2.24, 2.45) is 18.9 Å². The summed E-state index contributed by atoms with van der Waals surface area (Å²) >= 11 is 12.4. The van der Waals surface area contributed by atoms with Crippen LogP contribution < -0.4 is 0 Å². The number of rotatable bonds is 4. The van der Waals surface area contributed by atoms with Crippen LogP contribution in [0.2, 0.25) is 5.02 Å². The Morgan fingerprint density at radius 3 is 2.53 bits per heavy atom. The Bertz CT molecular complexity index is 381. The van der Waals surface area contributed by atoms with Gasteiger partial charge in [0.2, 0.25) is 0 Å². The molecule has 0 spiro atoms. The van der Waals surface area contributed by atoms with E-state index in [9.17, 15) is 0 Å². The average Bonchev–Trinajstić information content (AvgIpc) is 2.89. The molecule has 1 aliphatic carbocycles. The fraction of sp³-hybridized carbons (Fsp3) is 0.769. The van der Waals surface area contributed by atoms with Gasteiger partial charge in [-0.25, -0.2) is 0 Å². The topological polar surface area (TPSA) is 17.8 Å². The summed E-state index contributed by atoms with van der Waals surface area (Å²) in [7, 11) is 1.97. The van der Waals surface area contributed by atoms with Crippen LogP contribution in [0, 0.1) is 18.8 Å². The van der Waals surface area contributed by atoms with Gasteiger partial charge in [0.25, 0.3) is 0 Å². The van der Waals surface area contributed by atoms with Crippen LogP contribution in [0.3, 0.4) is 0 Å². The molecule has 2 nitrogen and oxygen atoms in total. The smallest absolute Gasteiger partial charge is 0.0847 e. The molecule has 4 heteroatoms. The summed E-state index contributed by atoms with van der Waals surface area (Å²) in [6.07, 6.45) is 6.33. The highest BCUT2D eigenvalue weighted by Crippen LogP contribution is 2.35. The number of halogens is 2. The van der Waals surface area contributed by atoms with Crippen LogP contribution in [0.5, 0.6) is 0 Å². The molecule has 1 heterocycles. The number of aromatic nitrogens is 2. The fourth-order valence-corrected chi connectivity index (χ4v) is 3.52. The third-order valence-corrected chi connectivity index (χ3v) is 4.87. The molecule has 1 fully saturated rings. The maximum atomic E-state index is 6.30. The van der Waals surface area contributed by atoms with Crippen LogP contribution in [-0.4, -0.2) is 15.7 Å². The van der Waals surface area contributed by atoms with E-state index >= 15 is 0 Å². The molecule has 96 valence electrons. The Labute approximate surface area is 113 Å². The Morgan fingerprint density at radius 2 is 2.06 bits per heavy atom. The molecule has 1 unspecified atom stereocenters. The second-order valence-electron chi connectivity index (χ2n) is 5.13. The van der Waals surface area contributed by atoms with Crippen molar-refractivity contribution in [1.29, 1.82) is 0 Å². The van der Waals surface area contributed by atoms with Gasteiger partial charge in [0.05, 0.1) is 16.4 Å². The molecule has 1 aromatic heterocycles. The number of hydrogen-bond donors (Lipinski definition) is 0. The lowest BCUT2D eigenvalue weighted by Crippen LogP contribution is -2.18. The lowest BCUT2D eigenvalue weighted by molar-refractivity contribution is 0.362. The minimum atomic E-state index is 0.548. The molecule has 0 amide bonds. The number of nitrogens with zero attached hydrogens (tertiary/aromatic N) is 2. The van der Waals surface area contributed by atoms with Crippen LogP contribution in [0.4, 0.5) is 0 Å². The summed E-state index contributed by atoms with van der Waals surface area (Å²) in [5.41, 5.74) is 2.06. The summed E-state index contributed by atoms with van der Waals surface area (Å²) in [5, 5.41) is 5.19. The third-order valence-electron chi connectivity index (χ3n) is 3.98. The largest absolute Gasteiger partial charge is 0.271 e. The highest BCUT2D eigenvalue weighted by molar-refractivity contribution is 6.31. The van der Waals surface area contributed by atoms with Gasteiger partial charge in [-0.1, -0.05) is 37.3 Å². The molecule has 17 heavy (non-hydrogen) atoms.